The molecule has 4 heteroatoms. The number of hydrogen-bond acceptors (Lipinski definition) is 0. The van der Waals surface area contributed by atoms with Gasteiger partial charge in [0.2, 0.25) is 0 Å². The summed E-state index contributed by atoms with van der Waals surface area (Å²) < 4.78 is 0. The van der Waals surface area contributed by atoms with Crippen molar-refractivity contribution in [2.45, 2.75) is 0 Å². The average molecular weight is 172 g/mol. The Morgan fingerprint density at radius 2 is 1.00 bits per heavy atom. The molecule has 0 aliphatic heterocycles. The number of rotatable bonds is 0. The van der Waals surface area contributed by atoms with E-state index in [0.717, 1.165) is 0 Å². The summed E-state index contributed by atoms with van der Waals surface area (Å²) >= 11 is 0. The maximum Gasteiger partial charge on any atom is 0.316 e. The minimum absolute atomic E-state index is 0. The van der Waals surface area contributed by atoms with Gasteiger partial charge in [0.1, 0.15) is 0 Å². The van der Waals surface area contributed by atoms with Crippen LogP contribution in [0.3, 0.4) is 0 Å². The second-order valence-electron chi connectivity index (χ2n) is 0. The van der Waals surface area contributed by atoms with Gasteiger partial charge < -0.3 is 0 Å². The standard InChI is InChI=1S/Al.Cr.Cu.Mg.5H. The maximum atomic E-state index is 0. The Hall–Kier alpha value is 2.35. The molecule has 0 saturated carbocycles. The van der Waals surface area contributed by atoms with Gasteiger partial charge in [-0.15, -0.1) is 0 Å². The van der Waals surface area contributed by atoms with E-state index in [4.69, 9.17) is 0 Å². The van der Waals surface area contributed by atoms with Crippen LogP contribution in [0, 0.1) is 0 Å². The van der Waals surface area contributed by atoms with Crippen molar-refractivity contribution in [3.8, 4) is 0 Å². The van der Waals surface area contributed by atoms with Gasteiger partial charge in [-0.1, -0.05) is 0 Å². The topological polar surface area (TPSA) is 0 Å². The summed E-state index contributed by atoms with van der Waals surface area (Å²) in [5.41, 5.74) is 0. The zero-order valence-corrected chi connectivity index (χ0v) is 2.93. The van der Waals surface area contributed by atoms with Crippen molar-refractivity contribution in [1.29, 1.82) is 0 Å². The van der Waals surface area contributed by atoms with Crippen molar-refractivity contribution < 1.29 is 34.4 Å². The summed E-state index contributed by atoms with van der Waals surface area (Å²) in [4.78, 5) is 0. The van der Waals surface area contributed by atoms with E-state index in [9.17, 15) is 0 Å². The third kappa shape index (κ3) is 8.84. The smallest absolute Gasteiger partial charge is 0 e. The fourth-order valence-electron chi connectivity index (χ4n) is 0. The van der Waals surface area contributed by atoms with E-state index in [1.54, 1.807) is 0 Å². The zero-order valence-electron chi connectivity index (χ0n) is 0.710. The molecule has 0 atom stereocenters. The normalized spacial score (nSPS) is 0. The van der Waals surface area contributed by atoms with Gasteiger partial charge in [0.25, 0.3) is 0 Å². The molecule has 0 spiro atoms. The molecule has 0 aromatic heterocycles. The third-order valence-corrected chi connectivity index (χ3v) is 0. The second kappa shape index (κ2) is 18.3. The van der Waals surface area contributed by atoms with Gasteiger partial charge in [0.05, 0.1) is 0 Å². The average Bonchev–Trinajstić information content (AvgIpc) is 0. The van der Waals surface area contributed by atoms with E-state index >= 15 is 0 Å². The molecule has 0 aromatic carbocycles. The number of hydrogen-bond donors (Lipinski definition) is 0. The van der Waals surface area contributed by atoms with Crippen LogP contribution in [0.15, 0.2) is 0 Å². The van der Waals surface area contributed by atoms with Gasteiger partial charge in [-0.2, -0.15) is 0 Å². The van der Waals surface area contributed by atoms with Crippen LogP contribution in [0.25, 0.3) is 0 Å². The molecule has 1 radical (unpaired) electrons. The minimum Gasteiger partial charge on any atom is 0 e. The first-order chi connectivity index (χ1) is 0. The van der Waals surface area contributed by atoms with Gasteiger partial charge in [0.15, 0.2) is 17.4 Å². The molecular weight excluding hydrogens is 167 g/mol. The molecule has 0 unspecified atom stereocenters. The molecule has 0 aliphatic carbocycles. The Morgan fingerprint density at radius 3 is 1.00 bits per heavy atom. The first kappa shape index (κ1) is 32.9. The van der Waals surface area contributed by atoms with Crippen LogP contribution in [0.1, 0.15) is 0 Å². The Kier molecular flexibility index (Phi) is 151. The summed E-state index contributed by atoms with van der Waals surface area (Å²) in [6, 6.07) is 0. The van der Waals surface area contributed by atoms with E-state index in [0.29, 0.717) is 0 Å². The molecule has 0 fully saturated rings. The Bertz CT molecular complexity index is 8.00. The van der Waals surface area contributed by atoms with Crippen LogP contribution in [0.2, 0.25) is 0 Å². The zero-order chi connectivity index (χ0) is 0. The van der Waals surface area contributed by atoms with E-state index in [2.05, 4.69) is 0 Å². The van der Waals surface area contributed by atoms with Crippen LogP contribution in [-0.4, -0.2) is 40.4 Å². The molecule has 0 heterocycles. The molecule has 0 N–H and O–H groups in total. The van der Waals surface area contributed by atoms with Crippen LogP contribution in [-0.2, 0) is 34.4 Å². The predicted molar refractivity (Wildman–Crippen MR) is 18.5 cm³/mol. The Labute approximate surface area is 74.0 Å². The van der Waals surface area contributed by atoms with Crippen molar-refractivity contribution in [2.24, 2.45) is 0 Å². The molecule has 0 saturated heterocycles. The van der Waals surface area contributed by atoms with Crippen molar-refractivity contribution in [2.75, 3.05) is 0 Å². The summed E-state index contributed by atoms with van der Waals surface area (Å²) in [5, 5.41) is 0. The largest absolute Gasteiger partial charge is 0.316 e. The first-order valence-corrected chi connectivity index (χ1v) is 0. The van der Waals surface area contributed by atoms with Crippen LogP contribution >= 0.6 is 0 Å². The molecule has 0 aromatic rings. The SMILES string of the molecule is [AlH3].[Cr].[Cu].[MgH2]. The maximum absolute atomic E-state index is 0. The second-order valence-corrected chi connectivity index (χ2v) is 0. The van der Waals surface area contributed by atoms with Gasteiger partial charge in [-0.3, -0.25) is 0 Å². The van der Waals surface area contributed by atoms with E-state index < -0.39 is 0 Å². The third-order valence-electron chi connectivity index (χ3n) is 0. The summed E-state index contributed by atoms with van der Waals surface area (Å²) in [7, 11) is 0. The van der Waals surface area contributed by atoms with E-state index in [1.165, 1.54) is 0 Å². The summed E-state index contributed by atoms with van der Waals surface area (Å²) in [5.74, 6) is 0. The van der Waals surface area contributed by atoms with Crippen molar-refractivity contribution >= 4 is 40.4 Å². The molecule has 0 aliphatic rings. The molecule has 4 heavy (non-hydrogen) atoms. The fraction of sp³-hybridized carbons (Fsp3) is 0. The monoisotopic (exact) mass is 171 g/mol. The van der Waals surface area contributed by atoms with Gasteiger partial charge in [0, 0.05) is 34.4 Å². The molecule has 0 nitrogen and oxygen atoms in total. The van der Waals surface area contributed by atoms with Crippen molar-refractivity contribution in [3.05, 3.63) is 0 Å². The first-order valence-electron chi connectivity index (χ1n) is 0. The summed E-state index contributed by atoms with van der Waals surface area (Å²) in [6.45, 7) is 0. The molecule has 0 rings (SSSR count). The van der Waals surface area contributed by atoms with Crippen molar-refractivity contribution in [3.63, 3.8) is 0 Å². The minimum atomic E-state index is 0. The van der Waals surface area contributed by atoms with E-state index in [-0.39, 0.29) is 74.8 Å². The molecule has 0 amide bonds. The quantitative estimate of drug-likeness (QED) is 0.367. The van der Waals surface area contributed by atoms with Gasteiger partial charge in [-0.05, 0) is 0 Å². The Morgan fingerprint density at radius 1 is 1.00 bits per heavy atom. The van der Waals surface area contributed by atoms with Crippen LogP contribution in [0.5, 0.6) is 0 Å². The Balaban J connectivity index is 0. The van der Waals surface area contributed by atoms with Crippen LogP contribution < -0.4 is 0 Å². The molecular formula is H5AlCrCuMg. The summed E-state index contributed by atoms with van der Waals surface area (Å²) in [6.07, 6.45) is 0. The van der Waals surface area contributed by atoms with E-state index in [1.807, 2.05) is 0 Å². The molecule has 27 valence electrons. The van der Waals surface area contributed by atoms with Gasteiger partial charge in [-0.25, -0.2) is 0 Å². The van der Waals surface area contributed by atoms with Gasteiger partial charge >= 0.3 is 23.1 Å². The van der Waals surface area contributed by atoms with Crippen LogP contribution in [0.4, 0.5) is 0 Å². The van der Waals surface area contributed by atoms with Crippen molar-refractivity contribution in [1.82, 2.24) is 0 Å². The molecule has 0 bridgehead atoms. The fourth-order valence-corrected chi connectivity index (χ4v) is 0. The predicted octanol–water partition coefficient (Wildman–Crippen LogP) is -2.11.